The Balaban J connectivity index is 2.14. The molecule has 0 bridgehead atoms. The van der Waals surface area contributed by atoms with Crippen molar-refractivity contribution in [3.8, 4) is 0 Å². The van der Waals surface area contributed by atoms with Gasteiger partial charge in [-0.25, -0.2) is 4.98 Å². The van der Waals surface area contributed by atoms with Crippen LogP contribution in [-0.4, -0.2) is 34.9 Å². The predicted octanol–water partition coefficient (Wildman–Crippen LogP) is 2.18. The summed E-state index contributed by atoms with van der Waals surface area (Å²) < 4.78 is 32.5. The molecular weight excluding hydrogens is 406 g/mol. The van der Waals surface area contributed by atoms with E-state index in [2.05, 4.69) is 10.3 Å². The van der Waals surface area contributed by atoms with Gasteiger partial charge in [0.05, 0.1) is 23.8 Å². The van der Waals surface area contributed by atoms with Crippen LogP contribution in [0.4, 0.5) is 5.69 Å². The van der Waals surface area contributed by atoms with Gasteiger partial charge in [-0.3, -0.25) is 18.9 Å². The van der Waals surface area contributed by atoms with E-state index in [1.54, 1.807) is 12.1 Å². The zero-order valence-electron chi connectivity index (χ0n) is 15.1. The van der Waals surface area contributed by atoms with E-state index in [0.717, 1.165) is 17.7 Å². The van der Waals surface area contributed by atoms with E-state index in [4.69, 9.17) is 9.66 Å². The topological polar surface area (TPSA) is 146 Å². The maximum absolute atomic E-state index is 12.1. The van der Waals surface area contributed by atoms with E-state index >= 15 is 0 Å². The lowest BCUT2D eigenvalue weighted by Gasteiger charge is -2.17. The maximum atomic E-state index is 12.1. The quantitative estimate of drug-likeness (QED) is 0.425. The van der Waals surface area contributed by atoms with Crippen LogP contribution in [0.25, 0.3) is 0 Å². The summed E-state index contributed by atoms with van der Waals surface area (Å²) in [6, 6.07) is 5.88. The largest absolute Gasteiger partial charge is 0.481 e. The Hall–Kier alpha value is -2.50. The number of hydrogen-bond donors (Lipinski definition) is 4. The van der Waals surface area contributed by atoms with E-state index in [9.17, 15) is 18.0 Å². The number of nitrogens with zero attached hydrogens (tertiary/aromatic N) is 1. The number of carbonyl (C=O) groups excluding carboxylic acids is 1. The van der Waals surface area contributed by atoms with E-state index < -0.39 is 22.3 Å². The molecule has 0 spiro atoms. The van der Waals surface area contributed by atoms with Crippen molar-refractivity contribution in [2.45, 2.75) is 38.6 Å². The third-order valence-electron chi connectivity index (χ3n) is 3.77. The van der Waals surface area contributed by atoms with Gasteiger partial charge in [-0.1, -0.05) is 19.1 Å². The summed E-state index contributed by atoms with van der Waals surface area (Å²) in [6.45, 7) is 1.97. The number of thiazole rings is 1. The van der Waals surface area contributed by atoms with E-state index in [1.165, 1.54) is 23.5 Å². The van der Waals surface area contributed by atoms with Crippen LogP contribution in [0.3, 0.4) is 0 Å². The molecule has 1 aromatic heterocycles. The Morgan fingerprint density at radius 1 is 1.21 bits per heavy atom. The number of rotatable bonds is 10. The third kappa shape index (κ3) is 7.25. The van der Waals surface area contributed by atoms with Crippen LogP contribution >= 0.6 is 11.3 Å². The monoisotopic (exact) mass is 427 g/mol. The van der Waals surface area contributed by atoms with Gasteiger partial charge in [0.2, 0.25) is 5.91 Å². The van der Waals surface area contributed by atoms with Crippen LogP contribution < -0.4 is 10.0 Å². The van der Waals surface area contributed by atoms with Gasteiger partial charge in [0.1, 0.15) is 5.01 Å². The standard InChI is InChI=1S/C17H21N3O6S2/c1-2-12-10-27-17(18-12)14(19-15(21)7-8-16(22)23)9-11-3-5-13(6-4-11)20-28(24,25)26/h3-6,10,14,20H,2,7-9H2,1H3,(H,19,21)(H,22,23)(H,24,25,26)/t14-/m0/s1. The molecule has 0 aliphatic rings. The third-order valence-corrected chi connectivity index (χ3v) is 5.27. The van der Waals surface area contributed by atoms with E-state index in [0.29, 0.717) is 11.4 Å². The Labute approximate surface area is 166 Å². The zero-order chi connectivity index (χ0) is 20.7. The summed E-state index contributed by atoms with van der Waals surface area (Å²) in [7, 11) is -4.35. The molecular formula is C17H21N3O6S2. The molecule has 2 rings (SSSR count). The smallest absolute Gasteiger partial charge is 0.357 e. The van der Waals surface area contributed by atoms with Crippen LogP contribution in [0.1, 0.15) is 42.1 Å². The minimum atomic E-state index is -4.35. The lowest BCUT2D eigenvalue weighted by atomic mass is 10.1. The first-order chi connectivity index (χ1) is 13.2. The number of carboxylic acid groups (broad SMARTS) is 1. The molecule has 0 radical (unpaired) electrons. The molecule has 11 heteroatoms. The molecule has 152 valence electrons. The van der Waals surface area contributed by atoms with Gasteiger partial charge in [0.15, 0.2) is 0 Å². The molecule has 9 nitrogen and oxygen atoms in total. The fourth-order valence-corrected chi connectivity index (χ4v) is 3.81. The number of aliphatic carboxylic acids is 1. The van der Waals surface area contributed by atoms with Gasteiger partial charge in [-0.2, -0.15) is 8.42 Å². The van der Waals surface area contributed by atoms with Crippen LogP contribution in [0.2, 0.25) is 0 Å². The van der Waals surface area contributed by atoms with Crippen LogP contribution in [0.15, 0.2) is 29.6 Å². The van der Waals surface area contributed by atoms with Crippen LogP contribution in [0.5, 0.6) is 0 Å². The molecule has 0 fully saturated rings. The second-order valence-corrected chi connectivity index (χ2v) is 8.07. The summed E-state index contributed by atoms with van der Waals surface area (Å²) in [5.74, 6) is -1.43. The molecule has 1 amide bonds. The van der Waals surface area contributed by atoms with Crippen molar-refractivity contribution in [3.05, 3.63) is 45.9 Å². The average molecular weight is 428 g/mol. The summed E-state index contributed by atoms with van der Waals surface area (Å²) in [6.07, 6.45) is 0.759. The number of benzene rings is 1. The van der Waals surface area contributed by atoms with Gasteiger partial charge in [0, 0.05) is 11.8 Å². The highest BCUT2D eigenvalue weighted by Gasteiger charge is 2.19. The summed E-state index contributed by atoms with van der Waals surface area (Å²) in [4.78, 5) is 27.3. The molecule has 0 saturated carbocycles. The highest BCUT2D eigenvalue weighted by Crippen LogP contribution is 2.24. The van der Waals surface area contributed by atoms with Gasteiger partial charge in [0.25, 0.3) is 0 Å². The van der Waals surface area contributed by atoms with E-state index in [1.807, 2.05) is 17.0 Å². The van der Waals surface area contributed by atoms with Crippen LogP contribution in [0, 0.1) is 0 Å². The van der Waals surface area contributed by atoms with Crippen LogP contribution in [-0.2, 0) is 32.7 Å². The van der Waals surface area contributed by atoms with Crippen molar-refractivity contribution in [2.24, 2.45) is 0 Å². The molecule has 28 heavy (non-hydrogen) atoms. The first-order valence-electron chi connectivity index (χ1n) is 8.46. The molecule has 0 aliphatic heterocycles. The van der Waals surface area contributed by atoms with Crippen molar-refractivity contribution >= 4 is 39.2 Å². The molecule has 4 N–H and O–H groups in total. The Morgan fingerprint density at radius 3 is 2.43 bits per heavy atom. The van der Waals surface area contributed by atoms with Crippen molar-refractivity contribution in [3.63, 3.8) is 0 Å². The number of nitrogens with one attached hydrogen (secondary N) is 2. The van der Waals surface area contributed by atoms with Crippen molar-refractivity contribution in [1.29, 1.82) is 0 Å². The first kappa shape index (κ1) is 21.8. The Morgan fingerprint density at radius 2 is 1.89 bits per heavy atom. The Bertz CT molecular complexity index is 925. The lowest BCUT2D eigenvalue weighted by Crippen LogP contribution is -2.30. The number of aromatic nitrogens is 1. The fraction of sp³-hybridized carbons (Fsp3) is 0.353. The first-order valence-corrected chi connectivity index (χ1v) is 10.8. The zero-order valence-corrected chi connectivity index (χ0v) is 16.7. The second kappa shape index (κ2) is 9.62. The fourth-order valence-electron chi connectivity index (χ4n) is 2.43. The number of carboxylic acids is 1. The SMILES string of the molecule is CCc1csc([C@H](Cc2ccc(NS(=O)(=O)O)cc2)NC(=O)CCC(=O)O)n1. The summed E-state index contributed by atoms with van der Waals surface area (Å²) >= 11 is 1.41. The average Bonchev–Trinajstić information content (AvgIpc) is 3.09. The molecule has 1 atom stereocenters. The van der Waals surface area contributed by atoms with Gasteiger partial charge in [-0.05, 0) is 30.5 Å². The second-order valence-electron chi connectivity index (χ2n) is 6.02. The maximum Gasteiger partial charge on any atom is 0.357 e. The summed E-state index contributed by atoms with van der Waals surface area (Å²) in [5.41, 5.74) is 1.91. The highest BCUT2D eigenvalue weighted by atomic mass is 32.2. The molecule has 1 heterocycles. The van der Waals surface area contributed by atoms with Gasteiger partial charge >= 0.3 is 16.3 Å². The predicted molar refractivity (Wildman–Crippen MR) is 105 cm³/mol. The minimum absolute atomic E-state index is 0.130. The Kier molecular flexibility index (Phi) is 7.49. The molecule has 0 aliphatic carbocycles. The molecule has 0 unspecified atom stereocenters. The number of anilines is 1. The normalized spacial score (nSPS) is 12.4. The summed E-state index contributed by atoms with van der Waals surface area (Å²) in [5, 5.41) is 14.2. The van der Waals surface area contributed by atoms with Crippen molar-refractivity contribution in [1.82, 2.24) is 10.3 Å². The van der Waals surface area contributed by atoms with E-state index in [-0.39, 0.29) is 24.4 Å². The van der Waals surface area contributed by atoms with Crippen molar-refractivity contribution < 1.29 is 27.7 Å². The number of amides is 1. The lowest BCUT2D eigenvalue weighted by molar-refractivity contribution is -0.138. The van der Waals surface area contributed by atoms with Gasteiger partial charge < -0.3 is 10.4 Å². The minimum Gasteiger partial charge on any atom is -0.481 e. The molecule has 1 aromatic carbocycles. The number of hydrogen-bond acceptors (Lipinski definition) is 6. The molecule has 2 aromatic rings. The number of carbonyl (C=O) groups is 2. The highest BCUT2D eigenvalue weighted by molar-refractivity contribution is 7.87. The van der Waals surface area contributed by atoms with Crippen molar-refractivity contribution in [2.75, 3.05) is 4.72 Å². The van der Waals surface area contributed by atoms with Gasteiger partial charge in [-0.15, -0.1) is 11.3 Å². The number of aryl methyl sites for hydroxylation is 1. The molecule has 0 saturated heterocycles.